The molecule has 0 bridgehead atoms. The van der Waals surface area contributed by atoms with Crippen molar-refractivity contribution in [2.24, 2.45) is 5.41 Å². The van der Waals surface area contributed by atoms with E-state index < -0.39 is 5.41 Å². The standard InChI is InChI=1S/C23H25FN4O3/c1-14-8-9-15(12-18(14)24)21-27-20(31-28-21)11-10-19(29)25-16-6-5-7-17(13-16)26-22(30)23(2,3)4/h5-9,12-13H,10-11H2,1-4H3,(H,25,29)(H,26,30). The molecule has 0 aliphatic heterocycles. The lowest BCUT2D eigenvalue weighted by atomic mass is 9.95. The van der Waals surface area contributed by atoms with Crippen LogP contribution >= 0.6 is 0 Å². The van der Waals surface area contributed by atoms with Gasteiger partial charge in [-0.3, -0.25) is 9.59 Å². The molecule has 2 N–H and O–H groups in total. The summed E-state index contributed by atoms with van der Waals surface area (Å²) in [5, 5.41) is 9.47. The number of hydrogen-bond donors (Lipinski definition) is 2. The van der Waals surface area contributed by atoms with Crippen LogP contribution in [-0.2, 0) is 16.0 Å². The molecule has 0 saturated carbocycles. The molecule has 1 heterocycles. The van der Waals surface area contributed by atoms with Crippen LogP contribution in [0, 0.1) is 18.2 Å². The molecular weight excluding hydrogens is 399 g/mol. The number of aromatic nitrogens is 2. The van der Waals surface area contributed by atoms with Crippen molar-refractivity contribution in [3.63, 3.8) is 0 Å². The van der Waals surface area contributed by atoms with E-state index in [0.29, 0.717) is 22.5 Å². The Labute approximate surface area is 180 Å². The van der Waals surface area contributed by atoms with Crippen molar-refractivity contribution < 1.29 is 18.5 Å². The first-order chi connectivity index (χ1) is 14.6. The Kier molecular flexibility index (Phi) is 6.48. The first-order valence-electron chi connectivity index (χ1n) is 9.92. The van der Waals surface area contributed by atoms with Crippen LogP contribution < -0.4 is 10.6 Å². The van der Waals surface area contributed by atoms with Crippen LogP contribution in [0.25, 0.3) is 11.4 Å². The first kappa shape index (κ1) is 22.1. The molecule has 162 valence electrons. The number of rotatable bonds is 6. The molecule has 0 aliphatic rings. The fraction of sp³-hybridized carbons (Fsp3) is 0.304. The van der Waals surface area contributed by atoms with Gasteiger partial charge in [-0.15, -0.1) is 0 Å². The van der Waals surface area contributed by atoms with Crippen LogP contribution in [0.1, 0.15) is 38.6 Å². The highest BCUT2D eigenvalue weighted by Crippen LogP contribution is 2.21. The number of benzene rings is 2. The van der Waals surface area contributed by atoms with Gasteiger partial charge in [0, 0.05) is 35.2 Å². The molecule has 3 aromatic rings. The molecule has 0 unspecified atom stereocenters. The van der Waals surface area contributed by atoms with E-state index in [1.54, 1.807) is 43.3 Å². The number of nitrogens with zero attached hydrogens (tertiary/aromatic N) is 2. The lowest BCUT2D eigenvalue weighted by molar-refractivity contribution is -0.123. The second kappa shape index (κ2) is 9.07. The molecule has 7 nitrogen and oxygen atoms in total. The average Bonchev–Trinajstić information content (AvgIpc) is 3.17. The summed E-state index contributed by atoms with van der Waals surface area (Å²) >= 11 is 0. The Hall–Kier alpha value is -3.55. The second-order valence-electron chi connectivity index (χ2n) is 8.31. The summed E-state index contributed by atoms with van der Waals surface area (Å²) in [5.41, 5.74) is 1.69. The number of aryl methyl sites for hydroxylation is 2. The molecule has 0 saturated heterocycles. The number of nitrogens with one attached hydrogen (secondary N) is 2. The monoisotopic (exact) mass is 424 g/mol. The Balaban J connectivity index is 1.56. The lowest BCUT2D eigenvalue weighted by Crippen LogP contribution is -2.27. The summed E-state index contributed by atoms with van der Waals surface area (Å²) in [4.78, 5) is 28.7. The zero-order valence-corrected chi connectivity index (χ0v) is 18.0. The van der Waals surface area contributed by atoms with Gasteiger partial charge in [0.2, 0.25) is 23.5 Å². The first-order valence-corrected chi connectivity index (χ1v) is 9.92. The van der Waals surface area contributed by atoms with Crippen LogP contribution in [0.2, 0.25) is 0 Å². The number of amides is 2. The van der Waals surface area contributed by atoms with Crippen molar-refractivity contribution in [2.75, 3.05) is 10.6 Å². The normalized spacial score (nSPS) is 11.3. The molecule has 2 aromatic carbocycles. The van der Waals surface area contributed by atoms with Crippen LogP contribution in [-0.4, -0.2) is 22.0 Å². The van der Waals surface area contributed by atoms with E-state index in [4.69, 9.17) is 4.52 Å². The van der Waals surface area contributed by atoms with E-state index in [9.17, 15) is 14.0 Å². The fourth-order valence-corrected chi connectivity index (χ4v) is 2.64. The van der Waals surface area contributed by atoms with Gasteiger partial charge in [0.25, 0.3) is 0 Å². The minimum Gasteiger partial charge on any atom is -0.339 e. The van der Waals surface area contributed by atoms with Crippen molar-refractivity contribution in [3.8, 4) is 11.4 Å². The van der Waals surface area contributed by atoms with Gasteiger partial charge in [0.1, 0.15) is 5.82 Å². The third kappa shape index (κ3) is 5.97. The predicted molar refractivity (Wildman–Crippen MR) is 116 cm³/mol. The molecule has 2 amide bonds. The Morgan fingerprint density at radius 2 is 1.77 bits per heavy atom. The van der Waals surface area contributed by atoms with E-state index in [1.807, 2.05) is 20.8 Å². The van der Waals surface area contributed by atoms with Gasteiger partial charge in [-0.1, -0.05) is 44.1 Å². The second-order valence-corrected chi connectivity index (χ2v) is 8.31. The largest absolute Gasteiger partial charge is 0.339 e. The quantitative estimate of drug-likeness (QED) is 0.596. The highest BCUT2D eigenvalue weighted by molar-refractivity contribution is 5.96. The summed E-state index contributed by atoms with van der Waals surface area (Å²) in [6, 6.07) is 11.6. The highest BCUT2D eigenvalue weighted by atomic mass is 19.1. The summed E-state index contributed by atoms with van der Waals surface area (Å²) in [5.74, 6) is -0.130. The van der Waals surface area contributed by atoms with E-state index in [2.05, 4.69) is 20.8 Å². The molecule has 0 aliphatic carbocycles. The van der Waals surface area contributed by atoms with Crippen LogP contribution in [0.15, 0.2) is 47.0 Å². The maximum absolute atomic E-state index is 13.7. The molecule has 0 radical (unpaired) electrons. The molecule has 1 aromatic heterocycles. The zero-order valence-electron chi connectivity index (χ0n) is 18.0. The maximum atomic E-state index is 13.7. The van der Waals surface area contributed by atoms with Crippen molar-refractivity contribution in [1.29, 1.82) is 0 Å². The summed E-state index contributed by atoms with van der Waals surface area (Å²) in [7, 11) is 0. The zero-order chi connectivity index (χ0) is 22.6. The molecular formula is C23H25FN4O3. The molecule has 0 fully saturated rings. The maximum Gasteiger partial charge on any atom is 0.229 e. The van der Waals surface area contributed by atoms with Crippen LogP contribution in [0.3, 0.4) is 0 Å². The fourth-order valence-electron chi connectivity index (χ4n) is 2.64. The lowest BCUT2D eigenvalue weighted by Gasteiger charge is -2.18. The van der Waals surface area contributed by atoms with Gasteiger partial charge in [0.15, 0.2) is 0 Å². The third-order valence-corrected chi connectivity index (χ3v) is 4.55. The highest BCUT2D eigenvalue weighted by Gasteiger charge is 2.21. The molecule has 0 spiro atoms. The van der Waals surface area contributed by atoms with E-state index in [0.717, 1.165) is 0 Å². The van der Waals surface area contributed by atoms with Gasteiger partial charge >= 0.3 is 0 Å². The topological polar surface area (TPSA) is 97.1 Å². The van der Waals surface area contributed by atoms with E-state index in [-0.39, 0.29) is 42.2 Å². The smallest absolute Gasteiger partial charge is 0.229 e. The Bertz CT molecular complexity index is 1100. The molecule has 0 atom stereocenters. The molecule has 31 heavy (non-hydrogen) atoms. The summed E-state index contributed by atoms with van der Waals surface area (Å²) in [6.45, 7) is 7.15. The van der Waals surface area contributed by atoms with E-state index in [1.165, 1.54) is 6.07 Å². The van der Waals surface area contributed by atoms with E-state index >= 15 is 0 Å². The van der Waals surface area contributed by atoms with Gasteiger partial charge in [0.05, 0.1) is 0 Å². The van der Waals surface area contributed by atoms with Crippen molar-refractivity contribution in [1.82, 2.24) is 10.1 Å². The van der Waals surface area contributed by atoms with Gasteiger partial charge in [-0.05, 0) is 36.8 Å². The average molecular weight is 424 g/mol. The van der Waals surface area contributed by atoms with Gasteiger partial charge in [-0.25, -0.2) is 4.39 Å². The minimum atomic E-state index is -0.521. The van der Waals surface area contributed by atoms with Crippen molar-refractivity contribution >= 4 is 23.2 Å². The van der Waals surface area contributed by atoms with Gasteiger partial charge < -0.3 is 15.2 Å². The van der Waals surface area contributed by atoms with Crippen LogP contribution in [0.5, 0.6) is 0 Å². The molecule has 8 heteroatoms. The molecule has 3 rings (SSSR count). The number of carbonyl (C=O) groups is 2. The van der Waals surface area contributed by atoms with Crippen molar-refractivity contribution in [3.05, 3.63) is 59.7 Å². The van der Waals surface area contributed by atoms with Gasteiger partial charge in [-0.2, -0.15) is 4.98 Å². The summed E-state index contributed by atoms with van der Waals surface area (Å²) in [6.07, 6.45) is 0.371. The number of carbonyl (C=O) groups excluding carboxylic acids is 2. The number of anilines is 2. The number of hydrogen-bond acceptors (Lipinski definition) is 5. The third-order valence-electron chi connectivity index (χ3n) is 4.55. The predicted octanol–water partition coefficient (Wildman–Crippen LogP) is 4.74. The minimum absolute atomic E-state index is 0.114. The number of halogens is 1. The summed E-state index contributed by atoms with van der Waals surface area (Å²) < 4.78 is 18.9. The SMILES string of the molecule is Cc1ccc(-c2noc(CCC(=O)Nc3cccc(NC(=O)C(C)(C)C)c3)n2)cc1F. The van der Waals surface area contributed by atoms with Crippen molar-refractivity contribution in [2.45, 2.75) is 40.5 Å². The Morgan fingerprint density at radius 3 is 2.45 bits per heavy atom. The Morgan fingerprint density at radius 1 is 1.06 bits per heavy atom. The van der Waals surface area contributed by atoms with Crippen LogP contribution in [0.4, 0.5) is 15.8 Å².